The molecule has 2 rings (SSSR count). The quantitative estimate of drug-likeness (QED) is 0.782. The van der Waals surface area contributed by atoms with Gasteiger partial charge in [-0.25, -0.2) is 13.2 Å². The van der Waals surface area contributed by atoms with Crippen LogP contribution in [0, 0.1) is 0 Å². The topological polar surface area (TPSA) is 101 Å². The average Bonchev–Trinajstić information content (AvgIpc) is 2.48. The maximum absolute atomic E-state index is 12.5. The molecule has 6 nitrogen and oxygen atoms in total. The molecule has 0 aliphatic rings. The Kier molecular flexibility index (Phi) is 4.69. The zero-order valence-corrected chi connectivity index (χ0v) is 12.8. The fourth-order valence-electron chi connectivity index (χ4n) is 1.80. The second kappa shape index (κ2) is 6.40. The molecule has 0 fully saturated rings. The van der Waals surface area contributed by atoms with Crippen molar-refractivity contribution in [2.75, 3.05) is 10.0 Å². The van der Waals surface area contributed by atoms with E-state index in [1.54, 1.807) is 0 Å². The van der Waals surface area contributed by atoms with Gasteiger partial charge in [-0.3, -0.25) is 4.72 Å². The predicted octanol–water partition coefficient (Wildman–Crippen LogP) is 3.00. The largest absolute Gasteiger partial charge is 0.416 e. The normalized spacial score (nSPS) is 11.8. The number of carbonyl (C=O) groups excluding carboxylic acids is 1. The van der Waals surface area contributed by atoms with E-state index in [9.17, 15) is 26.4 Å². The summed E-state index contributed by atoms with van der Waals surface area (Å²) < 4.78 is 64.0. The number of rotatable bonds is 4. The Morgan fingerprint density at radius 3 is 1.88 bits per heavy atom. The Hall–Kier alpha value is -2.75. The van der Waals surface area contributed by atoms with Gasteiger partial charge in [0.1, 0.15) is 0 Å². The number of nitrogens with one attached hydrogen (secondary N) is 2. The Morgan fingerprint density at radius 1 is 0.917 bits per heavy atom. The molecular formula is C14H12F3N3O3S. The first kappa shape index (κ1) is 17.6. The van der Waals surface area contributed by atoms with E-state index in [2.05, 4.69) is 10.0 Å². The van der Waals surface area contributed by atoms with Crippen molar-refractivity contribution in [3.63, 3.8) is 0 Å². The van der Waals surface area contributed by atoms with E-state index in [1.807, 2.05) is 0 Å². The molecule has 0 radical (unpaired) electrons. The van der Waals surface area contributed by atoms with Crippen molar-refractivity contribution in [1.29, 1.82) is 0 Å². The molecule has 0 heterocycles. The second-order valence-corrected chi connectivity index (χ2v) is 6.38. The first-order valence-electron chi connectivity index (χ1n) is 6.44. The molecule has 2 amide bonds. The monoisotopic (exact) mass is 359 g/mol. The van der Waals surface area contributed by atoms with E-state index in [4.69, 9.17) is 5.73 Å². The van der Waals surface area contributed by atoms with E-state index in [0.717, 1.165) is 12.1 Å². The molecular weight excluding hydrogens is 347 g/mol. The van der Waals surface area contributed by atoms with Crippen LogP contribution in [-0.2, 0) is 16.2 Å². The SMILES string of the molecule is NC(=O)Nc1ccc(NS(=O)(=O)c2ccc(C(F)(F)F)cc2)cc1. The molecule has 0 spiro atoms. The molecule has 4 N–H and O–H groups in total. The van der Waals surface area contributed by atoms with Gasteiger partial charge in [0.05, 0.1) is 10.5 Å². The van der Waals surface area contributed by atoms with Gasteiger partial charge in [0.2, 0.25) is 0 Å². The number of alkyl halides is 3. The molecule has 10 heteroatoms. The summed E-state index contributed by atoms with van der Waals surface area (Å²) in [6.07, 6.45) is -4.54. The van der Waals surface area contributed by atoms with Crippen LogP contribution in [0.5, 0.6) is 0 Å². The molecule has 0 saturated carbocycles. The highest BCUT2D eigenvalue weighted by Crippen LogP contribution is 2.30. The van der Waals surface area contributed by atoms with Crippen molar-refractivity contribution < 1.29 is 26.4 Å². The smallest absolute Gasteiger partial charge is 0.351 e. The predicted molar refractivity (Wildman–Crippen MR) is 81.9 cm³/mol. The van der Waals surface area contributed by atoms with E-state index < -0.39 is 27.8 Å². The van der Waals surface area contributed by atoms with E-state index in [-0.39, 0.29) is 10.6 Å². The van der Waals surface area contributed by atoms with Crippen molar-refractivity contribution in [3.8, 4) is 0 Å². The van der Waals surface area contributed by atoms with Crippen LogP contribution in [0.25, 0.3) is 0 Å². The van der Waals surface area contributed by atoms with Gasteiger partial charge in [-0.1, -0.05) is 0 Å². The first-order valence-corrected chi connectivity index (χ1v) is 7.93. The number of sulfonamides is 1. The minimum atomic E-state index is -4.54. The average molecular weight is 359 g/mol. The molecule has 0 aliphatic heterocycles. The van der Waals surface area contributed by atoms with Crippen molar-refractivity contribution in [3.05, 3.63) is 54.1 Å². The van der Waals surface area contributed by atoms with Crippen LogP contribution in [0.1, 0.15) is 5.56 Å². The van der Waals surface area contributed by atoms with Crippen molar-refractivity contribution >= 4 is 27.4 Å². The van der Waals surface area contributed by atoms with Gasteiger partial charge >= 0.3 is 12.2 Å². The lowest BCUT2D eigenvalue weighted by atomic mass is 10.2. The minimum absolute atomic E-state index is 0.171. The zero-order valence-electron chi connectivity index (χ0n) is 12.0. The lowest BCUT2D eigenvalue weighted by Gasteiger charge is -2.10. The third-order valence-electron chi connectivity index (χ3n) is 2.90. The highest BCUT2D eigenvalue weighted by molar-refractivity contribution is 7.92. The lowest BCUT2D eigenvalue weighted by molar-refractivity contribution is -0.137. The standard InChI is InChI=1S/C14H12F3N3O3S/c15-14(16,17)9-1-7-12(8-2-9)24(22,23)20-11-5-3-10(4-6-11)19-13(18)21/h1-8,20H,(H3,18,19,21). The summed E-state index contributed by atoms with van der Waals surface area (Å²) in [5.74, 6) is 0. The number of urea groups is 1. The summed E-state index contributed by atoms with van der Waals surface area (Å²) in [6.45, 7) is 0. The van der Waals surface area contributed by atoms with E-state index in [1.165, 1.54) is 24.3 Å². The molecule has 2 aromatic rings. The highest BCUT2D eigenvalue weighted by Gasteiger charge is 2.30. The van der Waals surface area contributed by atoms with Crippen LogP contribution in [-0.4, -0.2) is 14.4 Å². The number of halogens is 3. The van der Waals surface area contributed by atoms with Crippen LogP contribution in [0.15, 0.2) is 53.4 Å². The number of amides is 2. The third-order valence-corrected chi connectivity index (χ3v) is 4.29. The van der Waals surface area contributed by atoms with Crippen LogP contribution in [0.2, 0.25) is 0 Å². The number of hydrogen-bond acceptors (Lipinski definition) is 3. The summed E-state index contributed by atoms with van der Waals surface area (Å²) >= 11 is 0. The summed E-state index contributed by atoms with van der Waals surface area (Å²) in [7, 11) is -4.04. The summed E-state index contributed by atoms with van der Waals surface area (Å²) in [6, 6.07) is 7.91. The molecule has 0 atom stereocenters. The maximum Gasteiger partial charge on any atom is 0.416 e. The van der Waals surface area contributed by atoms with Crippen LogP contribution in [0.3, 0.4) is 0 Å². The van der Waals surface area contributed by atoms with Crippen molar-refractivity contribution in [2.24, 2.45) is 5.73 Å². The fourth-order valence-corrected chi connectivity index (χ4v) is 2.86. The fraction of sp³-hybridized carbons (Fsp3) is 0.0714. The van der Waals surface area contributed by atoms with Crippen molar-refractivity contribution in [1.82, 2.24) is 0 Å². The molecule has 2 aromatic carbocycles. The lowest BCUT2D eigenvalue weighted by Crippen LogP contribution is -2.19. The number of primary amides is 1. The van der Waals surface area contributed by atoms with Crippen molar-refractivity contribution in [2.45, 2.75) is 11.1 Å². The number of nitrogens with two attached hydrogens (primary N) is 1. The van der Waals surface area contributed by atoms with E-state index >= 15 is 0 Å². The Labute approximate surface area is 135 Å². The molecule has 0 saturated heterocycles. The zero-order chi connectivity index (χ0) is 18.0. The highest BCUT2D eigenvalue weighted by atomic mass is 32.2. The Morgan fingerprint density at radius 2 is 1.42 bits per heavy atom. The minimum Gasteiger partial charge on any atom is -0.351 e. The van der Waals surface area contributed by atoms with Gasteiger partial charge in [-0.15, -0.1) is 0 Å². The van der Waals surface area contributed by atoms with Gasteiger partial charge in [0.25, 0.3) is 10.0 Å². The van der Waals surface area contributed by atoms with Gasteiger partial charge in [0, 0.05) is 11.4 Å². The second-order valence-electron chi connectivity index (χ2n) is 4.69. The summed E-state index contributed by atoms with van der Waals surface area (Å²) in [5.41, 5.74) is 4.53. The van der Waals surface area contributed by atoms with Crippen LogP contribution < -0.4 is 15.8 Å². The Bertz CT molecular complexity index is 832. The molecule has 128 valence electrons. The van der Waals surface area contributed by atoms with Crippen LogP contribution in [0.4, 0.5) is 29.3 Å². The number of anilines is 2. The molecule has 0 bridgehead atoms. The van der Waals surface area contributed by atoms with Gasteiger partial charge in [0.15, 0.2) is 0 Å². The summed E-state index contributed by atoms with van der Waals surface area (Å²) in [5, 5.41) is 2.30. The van der Waals surface area contributed by atoms with E-state index in [0.29, 0.717) is 17.8 Å². The maximum atomic E-state index is 12.5. The van der Waals surface area contributed by atoms with Gasteiger partial charge in [-0.05, 0) is 48.5 Å². The Balaban J connectivity index is 2.17. The van der Waals surface area contributed by atoms with Gasteiger partial charge < -0.3 is 11.1 Å². The molecule has 0 aromatic heterocycles. The molecule has 24 heavy (non-hydrogen) atoms. The number of benzene rings is 2. The number of carbonyl (C=O) groups is 1. The summed E-state index contributed by atoms with van der Waals surface area (Å²) in [4.78, 5) is 10.4. The van der Waals surface area contributed by atoms with Gasteiger partial charge in [-0.2, -0.15) is 13.2 Å². The van der Waals surface area contributed by atoms with Crippen LogP contribution >= 0.6 is 0 Å². The number of hydrogen-bond donors (Lipinski definition) is 3. The molecule has 0 unspecified atom stereocenters. The molecule has 0 aliphatic carbocycles. The first-order chi connectivity index (χ1) is 11.1. The third kappa shape index (κ3) is 4.38.